The van der Waals surface area contributed by atoms with E-state index in [0.29, 0.717) is 17.1 Å². The molecule has 1 heterocycles. The van der Waals surface area contributed by atoms with Gasteiger partial charge < -0.3 is 15.4 Å². The van der Waals surface area contributed by atoms with Crippen molar-refractivity contribution < 1.29 is 28.3 Å². The van der Waals surface area contributed by atoms with Crippen molar-refractivity contribution in [3.63, 3.8) is 0 Å². The van der Waals surface area contributed by atoms with Gasteiger partial charge in [0.05, 0.1) is 18.6 Å². The van der Waals surface area contributed by atoms with Crippen molar-refractivity contribution in [1.82, 2.24) is 0 Å². The lowest BCUT2D eigenvalue weighted by Crippen LogP contribution is -2.43. The molecule has 1 aliphatic rings. The summed E-state index contributed by atoms with van der Waals surface area (Å²) in [4.78, 5) is 50.8. The number of allylic oxidation sites excluding steroid dienone is 1. The third kappa shape index (κ3) is 4.83. The molecule has 0 aromatic heterocycles. The zero-order chi connectivity index (χ0) is 23.4. The maximum Gasteiger partial charge on any atom is 0.336 e. The lowest BCUT2D eigenvalue weighted by atomic mass is 9.88. The molecule has 3 rings (SSSR count). The molecule has 0 aliphatic carbocycles. The molecule has 8 nitrogen and oxygen atoms in total. The monoisotopic (exact) mass is 439 g/mol. The van der Waals surface area contributed by atoms with E-state index in [9.17, 15) is 23.6 Å². The van der Waals surface area contributed by atoms with Gasteiger partial charge in [-0.05, 0) is 55.5 Å². The van der Waals surface area contributed by atoms with Gasteiger partial charge in [0.2, 0.25) is 17.7 Å². The molecule has 9 heteroatoms. The molecule has 1 aliphatic heterocycles. The van der Waals surface area contributed by atoms with Crippen LogP contribution in [0.15, 0.2) is 59.8 Å². The predicted octanol–water partition coefficient (Wildman–Crippen LogP) is 3.22. The molecule has 2 N–H and O–H groups in total. The van der Waals surface area contributed by atoms with E-state index in [-0.39, 0.29) is 23.6 Å². The Balaban J connectivity index is 1.90. The number of halogens is 1. The van der Waals surface area contributed by atoms with E-state index in [4.69, 9.17) is 4.74 Å². The van der Waals surface area contributed by atoms with Crippen LogP contribution < -0.4 is 15.5 Å². The summed E-state index contributed by atoms with van der Waals surface area (Å²) in [6.07, 6.45) is -0.269. The van der Waals surface area contributed by atoms with E-state index < -0.39 is 29.5 Å². The summed E-state index contributed by atoms with van der Waals surface area (Å²) in [7, 11) is 1.19. The highest BCUT2D eigenvalue weighted by molar-refractivity contribution is 6.10. The molecule has 1 atom stereocenters. The Kier molecular flexibility index (Phi) is 6.67. The summed E-state index contributed by atoms with van der Waals surface area (Å²) in [5, 5.41) is 5.31. The van der Waals surface area contributed by atoms with Crippen LogP contribution in [0.3, 0.4) is 0 Å². The molecule has 32 heavy (non-hydrogen) atoms. The van der Waals surface area contributed by atoms with Crippen LogP contribution in [-0.2, 0) is 23.9 Å². The molecule has 0 bridgehead atoms. The quantitative estimate of drug-likeness (QED) is 0.696. The van der Waals surface area contributed by atoms with Crippen molar-refractivity contribution in [2.24, 2.45) is 5.92 Å². The van der Waals surface area contributed by atoms with E-state index >= 15 is 0 Å². The fourth-order valence-electron chi connectivity index (χ4n) is 3.55. The number of anilines is 3. The number of methoxy groups -OCH3 is 1. The van der Waals surface area contributed by atoms with Gasteiger partial charge >= 0.3 is 5.97 Å². The maximum absolute atomic E-state index is 13.3. The molecule has 0 radical (unpaired) electrons. The number of carbonyl (C=O) groups excluding carboxylic acids is 4. The van der Waals surface area contributed by atoms with Gasteiger partial charge in [0, 0.05) is 36.1 Å². The molecule has 2 aromatic rings. The van der Waals surface area contributed by atoms with Gasteiger partial charge in [0.25, 0.3) is 0 Å². The summed E-state index contributed by atoms with van der Waals surface area (Å²) >= 11 is 0. The normalized spacial score (nSPS) is 15.9. The SMILES string of the molecule is COC(=O)C1=C(C)N(c2ccc(F)cc2)C(=O)C[C@H]1C(=O)Nc1ccc(NC(C)=O)cc1. The maximum atomic E-state index is 13.3. The number of nitrogens with zero attached hydrogens (tertiary/aromatic N) is 1. The summed E-state index contributed by atoms with van der Waals surface area (Å²) < 4.78 is 18.2. The van der Waals surface area contributed by atoms with Crippen molar-refractivity contribution in [1.29, 1.82) is 0 Å². The van der Waals surface area contributed by atoms with E-state index in [2.05, 4.69) is 10.6 Å². The summed E-state index contributed by atoms with van der Waals surface area (Å²) in [6, 6.07) is 11.7. The lowest BCUT2D eigenvalue weighted by Gasteiger charge is -2.33. The Morgan fingerprint density at radius 3 is 2.09 bits per heavy atom. The van der Waals surface area contributed by atoms with Crippen LogP contribution in [0.4, 0.5) is 21.5 Å². The second-order valence-corrected chi connectivity index (χ2v) is 7.20. The van der Waals surface area contributed by atoms with Gasteiger partial charge in [-0.25, -0.2) is 9.18 Å². The van der Waals surface area contributed by atoms with Gasteiger partial charge in [-0.3, -0.25) is 19.3 Å². The average Bonchev–Trinajstić information content (AvgIpc) is 2.75. The van der Waals surface area contributed by atoms with E-state index in [1.54, 1.807) is 24.3 Å². The highest BCUT2D eigenvalue weighted by Crippen LogP contribution is 2.34. The minimum Gasteiger partial charge on any atom is -0.466 e. The molecule has 0 fully saturated rings. The first-order valence-corrected chi connectivity index (χ1v) is 9.77. The van der Waals surface area contributed by atoms with Gasteiger partial charge in [0.1, 0.15) is 5.82 Å². The van der Waals surface area contributed by atoms with Crippen LogP contribution in [-0.4, -0.2) is 30.8 Å². The summed E-state index contributed by atoms with van der Waals surface area (Å²) in [5.41, 5.74) is 1.65. The average molecular weight is 439 g/mol. The van der Waals surface area contributed by atoms with E-state index in [1.165, 1.54) is 50.1 Å². The van der Waals surface area contributed by atoms with Gasteiger partial charge in [-0.15, -0.1) is 0 Å². The smallest absolute Gasteiger partial charge is 0.336 e. The number of hydrogen-bond donors (Lipinski definition) is 2. The van der Waals surface area contributed by atoms with Crippen molar-refractivity contribution in [3.05, 3.63) is 65.6 Å². The first-order chi connectivity index (χ1) is 15.2. The number of hydrogen-bond acceptors (Lipinski definition) is 5. The first kappa shape index (κ1) is 22.7. The van der Waals surface area contributed by atoms with E-state index in [1.807, 2.05) is 0 Å². The van der Waals surface area contributed by atoms with Crippen LogP contribution in [0.2, 0.25) is 0 Å². The molecule has 3 amide bonds. The number of rotatable bonds is 5. The zero-order valence-electron chi connectivity index (χ0n) is 17.8. The van der Waals surface area contributed by atoms with Crippen LogP contribution in [0.25, 0.3) is 0 Å². The number of amides is 3. The van der Waals surface area contributed by atoms with Crippen molar-refractivity contribution in [3.8, 4) is 0 Å². The molecule has 0 saturated heterocycles. The Hall–Kier alpha value is -4.01. The second kappa shape index (κ2) is 9.42. The number of nitrogens with one attached hydrogen (secondary N) is 2. The fraction of sp³-hybridized carbons (Fsp3) is 0.217. The van der Waals surface area contributed by atoms with Crippen molar-refractivity contribution in [2.75, 3.05) is 22.6 Å². The Labute approximate surface area is 184 Å². The first-order valence-electron chi connectivity index (χ1n) is 9.77. The topological polar surface area (TPSA) is 105 Å². The minimum absolute atomic E-state index is 0.0452. The predicted molar refractivity (Wildman–Crippen MR) is 116 cm³/mol. The van der Waals surface area contributed by atoms with Crippen LogP contribution in [0, 0.1) is 11.7 Å². The van der Waals surface area contributed by atoms with Crippen LogP contribution in [0.5, 0.6) is 0 Å². The molecule has 0 saturated carbocycles. The molecular formula is C23H22FN3O5. The largest absolute Gasteiger partial charge is 0.466 e. The molecule has 0 unspecified atom stereocenters. The van der Waals surface area contributed by atoms with Crippen LogP contribution >= 0.6 is 0 Å². The number of ether oxygens (including phenoxy) is 1. The fourth-order valence-corrected chi connectivity index (χ4v) is 3.55. The van der Waals surface area contributed by atoms with Crippen LogP contribution in [0.1, 0.15) is 20.3 Å². The number of benzene rings is 2. The highest BCUT2D eigenvalue weighted by Gasteiger charge is 2.40. The van der Waals surface area contributed by atoms with Gasteiger partial charge in [-0.2, -0.15) is 0 Å². The highest BCUT2D eigenvalue weighted by atomic mass is 19.1. The summed E-state index contributed by atoms with van der Waals surface area (Å²) in [5.74, 6) is -3.46. The Morgan fingerprint density at radius 2 is 1.56 bits per heavy atom. The summed E-state index contributed by atoms with van der Waals surface area (Å²) in [6.45, 7) is 2.92. The minimum atomic E-state index is -1.07. The van der Waals surface area contributed by atoms with Crippen molar-refractivity contribution >= 4 is 40.8 Å². The van der Waals surface area contributed by atoms with E-state index in [0.717, 1.165) is 0 Å². The molecule has 2 aromatic carbocycles. The molecular weight excluding hydrogens is 417 g/mol. The lowest BCUT2D eigenvalue weighted by molar-refractivity contribution is -0.138. The third-order valence-corrected chi connectivity index (χ3v) is 4.98. The molecule has 0 spiro atoms. The Morgan fingerprint density at radius 1 is 1.00 bits per heavy atom. The Bertz CT molecular complexity index is 1090. The molecule has 166 valence electrons. The second-order valence-electron chi connectivity index (χ2n) is 7.20. The van der Waals surface area contributed by atoms with Crippen molar-refractivity contribution in [2.45, 2.75) is 20.3 Å². The number of carbonyl (C=O) groups is 4. The van der Waals surface area contributed by atoms with Gasteiger partial charge in [-0.1, -0.05) is 0 Å². The van der Waals surface area contributed by atoms with Gasteiger partial charge in [0.15, 0.2) is 0 Å². The standard InChI is InChI=1S/C23H22FN3O5/c1-13-21(23(31)32-3)19(12-20(29)27(13)18-10-4-15(24)5-11-18)22(30)26-17-8-6-16(7-9-17)25-14(2)28/h4-11,19H,12H2,1-3H3,(H,25,28)(H,26,30)/t19-/m1/s1. The zero-order valence-corrected chi connectivity index (χ0v) is 17.8. The number of esters is 1. The third-order valence-electron chi connectivity index (χ3n) is 4.98.